The first kappa shape index (κ1) is 14.8. The van der Waals surface area contributed by atoms with Gasteiger partial charge in [0.2, 0.25) is 5.91 Å². The van der Waals surface area contributed by atoms with Gasteiger partial charge < -0.3 is 10.6 Å². The molecule has 96 valence electrons. The normalized spacial score (nSPS) is 19.5. The summed E-state index contributed by atoms with van der Waals surface area (Å²) in [5.41, 5.74) is 0. The molecule has 1 aromatic heterocycles. The van der Waals surface area contributed by atoms with Gasteiger partial charge in [-0.1, -0.05) is 11.6 Å². The number of halogens is 2. The molecular formula is C11H16Cl2N2OS. The summed E-state index contributed by atoms with van der Waals surface area (Å²) in [6, 6.07) is 3.81. The van der Waals surface area contributed by atoms with Gasteiger partial charge in [-0.2, -0.15) is 0 Å². The average molecular weight is 295 g/mol. The number of thiophene rings is 1. The zero-order valence-electron chi connectivity index (χ0n) is 9.37. The highest BCUT2D eigenvalue weighted by Gasteiger charge is 2.20. The van der Waals surface area contributed by atoms with Gasteiger partial charge in [0.05, 0.1) is 16.8 Å². The highest BCUT2D eigenvalue weighted by atomic mass is 35.5. The Labute approximate surface area is 116 Å². The third kappa shape index (κ3) is 4.47. The highest BCUT2D eigenvalue weighted by Crippen LogP contribution is 2.21. The van der Waals surface area contributed by atoms with Gasteiger partial charge in [0, 0.05) is 11.4 Å². The Hall–Kier alpha value is -0.290. The molecular weight excluding hydrogens is 279 g/mol. The lowest BCUT2D eigenvalue weighted by molar-refractivity contribution is -0.125. The van der Waals surface area contributed by atoms with Crippen LogP contribution < -0.4 is 10.6 Å². The van der Waals surface area contributed by atoms with Crippen LogP contribution >= 0.6 is 35.3 Å². The fourth-order valence-electron chi connectivity index (χ4n) is 1.84. The minimum atomic E-state index is 0. The molecule has 0 radical (unpaired) electrons. The highest BCUT2D eigenvalue weighted by molar-refractivity contribution is 7.16. The zero-order chi connectivity index (χ0) is 11.4. The second kappa shape index (κ2) is 7.21. The minimum Gasteiger partial charge on any atom is -0.351 e. The smallest absolute Gasteiger partial charge is 0.224 e. The maximum absolute atomic E-state index is 11.8. The van der Waals surface area contributed by atoms with Crippen molar-refractivity contribution in [3.05, 3.63) is 21.3 Å². The largest absolute Gasteiger partial charge is 0.351 e. The quantitative estimate of drug-likeness (QED) is 0.899. The molecule has 1 aromatic rings. The number of carbonyl (C=O) groups excluding carboxylic acids is 1. The molecule has 0 bridgehead atoms. The minimum absolute atomic E-state index is 0. The van der Waals surface area contributed by atoms with E-state index in [0.717, 1.165) is 35.1 Å². The SMILES string of the molecule is Cl.O=C(NCc1ccc(Cl)s1)[C@@H]1CCCNC1. The monoisotopic (exact) mass is 294 g/mol. The number of hydrogen-bond acceptors (Lipinski definition) is 3. The predicted molar refractivity (Wildman–Crippen MR) is 74.0 cm³/mol. The molecule has 1 atom stereocenters. The van der Waals surface area contributed by atoms with Gasteiger partial charge in [0.25, 0.3) is 0 Å². The summed E-state index contributed by atoms with van der Waals surface area (Å²) < 4.78 is 0.767. The molecule has 0 spiro atoms. The molecule has 6 heteroatoms. The van der Waals surface area contributed by atoms with Crippen molar-refractivity contribution in [1.29, 1.82) is 0 Å². The summed E-state index contributed by atoms with van der Waals surface area (Å²) in [6.07, 6.45) is 2.08. The Balaban J connectivity index is 0.00000144. The van der Waals surface area contributed by atoms with E-state index in [0.29, 0.717) is 6.54 Å². The lowest BCUT2D eigenvalue weighted by Gasteiger charge is -2.21. The van der Waals surface area contributed by atoms with Crippen LogP contribution in [-0.2, 0) is 11.3 Å². The molecule has 3 nitrogen and oxygen atoms in total. The molecule has 2 rings (SSSR count). The van der Waals surface area contributed by atoms with Crippen LogP contribution in [0.1, 0.15) is 17.7 Å². The first-order valence-corrected chi connectivity index (χ1v) is 6.68. The summed E-state index contributed by atoms with van der Waals surface area (Å²) in [6.45, 7) is 2.42. The van der Waals surface area contributed by atoms with E-state index in [2.05, 4.69) is 10.6 Å². The van der Waals surface area contributed by atoms with Crippen molar-refractivity contribution in [2.75, 3.05) is 13.1 Å². The maximum atomic E-state index is 11.8. The Kier molecular flexibility index (Phi) is 6.27. The number of rotatable bonds is 3. The van der Waals surface area contributed by atoms with Crippen LogP contribution in [0.3, 0.4) is 0 Å². The van der Waals surface area contributed by atoms with Crippen molar-refractivity contribution in [1.82, 2.24) is 10.6 Å². The van der Waals surface area contributed by atoms with Gasteiger partial charge in [-0.3, -0.25) is 4.79 Å². The predicted octanol–water partition coefficient (Wildman–Crippen LogP) is 2.44. The van der Waals surface area contributed by atoms with Gasteiger partial charge in [-0.25, -0.2) is 0 Å². The van der Waals surface area contributed by atoms with Gasteiger partial charge in [-0.05, 0) is 31.5 Å². The lowest BCUT2D eigenvalue weighted by Crippen LogP contribution is -2.40. The van der Waals surface area contributed by atoms with Crippen molar-refractivity contribution >= 4 is 41.3 Å². The van der Waals surface area contributed by atoms with E-state index < -0.39 is 0 Å². The van der Waals surface area contributed by atoms with E-state index in [9.17, 15) is 4.79 Å². The number of piperidine rings is 1. The van der Waals surface area contributed by atoms with E-state index in [1.165, 1.54) is 11.3 Å². The molecule has 2 heterocycles. The van der Waals surface area contributed by atoms with Gasteiger partial charge in [0.1, 0.15) is 0 Å². The molecule has 2 N–H and O–H groups in total. The third-order valence-electron chi connectivity index (χ3n) is 2.73. The van der Waals surface area contributed by atoms with E-state index in [4.69, 9.17) is 11.6 Å². The third-order valence-corrected chi connectivity index (χ3v) is 3.96. The number of carbonyl (C=O) groups is 1. The van der Waals surface area contributed by atoms with Crippen molar-refractivity contribution in [3.63, 3.8) is 0 Å². The molecule has 17 heavy (non-hydrogen) atoms. The van der Waals surface area contributed by atoms with E-state index in [-0.39, 0.29) is 24.2 Å². The maximum Gasteiger partial charge on any atom is 0.224 e. The second-order valence-corrected chi connectivity index (χ2v) is 5.77. The Morgan fingerprint density at radius 1 is 1.59 bits per heavy atom. The molecule has 1 amide bonds. The Morgan fingerprint density at radius 3 is 3.00 bits per heavy atom. The van der Waals surface area contributed by atoms with E-state index in [1.807, 2.05) is 12.1 Å². The van der Waals surface area contributed by atoms with Crippen molar-refractivity contribution < 1.29 is 4.79 Å². The topological polar surface area (TPSA) is 41.1 Å². The number of hydrogen-bond donors (Lipinski definition) is 2. The van der Waals surface area contributed by atoms with Crippen LogP contribution in [0.5, 0.6) is 0 Å². The first-order valence-electron chi connectivity index (χ1n) is 5.48. The van der Waals surface area contributed by atoms with Gasteiger partial charge >= 0.3 is 0 Å². The van der Waals surface area contributed by atoms with Crippen LogP contribution in [0.15, 0.2) is 12.1 Å². The van der Waals surface area contributed by atoms with Crippen LogP contribution in [0.2, 0.25) is 4.34 Å². The molecule has 0 aromatic carbocycles. The fraction of sp³-hybridized carbons (Fsp3) is 0.545. The molecule has 1 saturated heterocycles. The van der Waals surface area contributed by atoms with Gasteiger partial charge in [0.15, 0.2) is 0 Å². The van der Waals surface area contributed by atoms with Crippen LogP contribution in [-0.4, -0.2) is 19.0 Å². The zero-order valence-corrected chi connectivity index (χ0v) is 11.8. The fourth-order valence-corrected chi connectivity index (χ4v) is 2.87. The van der Waals surface area contributed by atoms with E-state index >= 15 is 0 Å². The molecule has 0 aliphatic carbocycles. The van der Waals surface area contributed by atoms with Crippen molar-refractivity contribution in [2.45, 2.75) is 19.4 Å². The second-order valence-electron chi connectivity index (χ2n) is 3.97. The number of nitrogens with one attached hydrogen (secondary N) is 2. The Bertz CT molecular complexity index is 364. The molecule has 0 saturated carbocycles. The van der Waals surface area contributed by atoms with E-state index in [1.54, 1.807) is 0 Å². The molecule has 1 aliphatic heterocycles. The first-order chi connectivity index (χ1) is 7.75. The summed E-state index contributed by atoms with van der Waals surface area (Å²) >= 11 is 7.33. The van der Waals surface area contributed by atoms with Crippen LogP contribution in [0.25, 0.3) is 0 Å². The average Bonchev–Trinajstić information content (AvgIpc) is 2.73. The molecule has 1 aliphatic rings. The lowest BCUT2D eigenvalue weighted by atomic mass is 9.99. The molecule has 1 fully saturated rings. The van der Waals surface area contributed by atoms with Crippen LogP contribution in [0, 0.1) is 5.92 Å². The summed E-state index contributed by atoms with van der Waals surface area (Å²) in [5, 5.41) is 6.19. The van der Waals surface area contributed by atoms with Crippen molar-refractivity contribution in [3.8, 4) is 0 Å². The standard InChI is InChI=1S/C11H15ClN2OS.ClH/c12-10-4-3-9(16-10)7-14-11(15)8-2-1-5-13-6-8;/h3-4,8,13H,1-2,5-7H2,(H,14,15);1H/t8-;/m1./s1. The molecule has 0 unspecified atom stereocenters. The summed E-state index contributed by atoms with van der Waals surface area (Å²) in [4.78, 5) is 12.9. The van der Waals surface area contributed by atoms with Gasteiger partial charge in [-0.15, -0.1) is 23.7 Å². The summed E-state index contributed by atoms with van der Waals surface area (Å²) in [5.74, 6) is 0.279. The summed E-state index contributed by atoms with van der Waals surface area (Å²) in [7, 11) is 0. The van der Waals surface area contributed by atoms with Crippen molar-refractivity contribution in [2.24, 2.45) is 5.92 Å². The Morgan fingerprint density at radius 2 is 2.41 bits per heavy atom. The number of amides is 1. The van der Waals surface area contributed by atoms with Crippen LogP contribution in [0.4, 0.5) is 0 Å².